The van der Waals surface area contributed by atoms with Gasteiger partial charge in [-0.25, -0.2) is 4.98 Å². The Morgan fingerprint density at radius 2 is 1.43 bits per heavy atom. The number of aromatic nitrogens is 5. The Bertz CT molecular complexity index is 2240. The molecule has 8 rings (SSSR count). The minimum absolute atomic E-state index is 0. The van der Waals surface area contributed by atoms with Gasteiger partial charge in [0.15, 0.2) is 0 Å². The van der Waals surface area contributed by atoms with Crippen LogP contribution in [-0.4, -0.2) is 23.9 Å². The van der Waals surface area contributed by atoms with Crippen molar-refractivity contribution < 1.29 is 25.8 Å². The van der Waals surface area contributed by atoms with Crippen LogP contribution in [0.15, 0.2) is 97.2 Å². The zero-order valence-corrected chi connectivity index (χ0v) is 25.5. The third-order valence-corrected chi connectivity index (χ3v) is 7.44. The molecule has 0 amide bonds. The van der Waals surface area contributed by atoms with Crippen LogP contribution in [0.4, 0.5) is 0 Å². The van der Waals surface area contributed by atoms with E-state index in [1.165, 1.54) is 0 Å². The average Bonchev–Trinajstić information content (AvgIpc) is 3.53. The van der Waals surface area contributed by atoms with Crippen LogP contribution in [0.25, 0.3) is 55.2 Å². The number of hydrogen-bond donors (Lipinski definition) is 0. The second kappa shape index (κ2) is 9.78. The summed E-state index contributed by atoms with van der Waals surface area (Å²) in [6.07, 6.45) is 1.82. The first-order chi connectivity index (χ1) is 20.0. The van der Waals surface area contributed by atoms with Gasteiger partial charge in [0.2, 0.25) is 0 Å². The van der Waals surface area contributed by atoms with E-state index in [2.05, 4.69) is 72.2 Å². The predicted molar refractivity (Wildman–Crippen MR) is 163 cm³/mol. The summed E-state index contributed by atoms with van der Waals surface area (Å²) >= 11 is 0. The second-order valence-electron chi connectivity index (χ2n) is 11.3. The van der Waals surface area contributed by atoms with E-state index in [1.807, 2.05) is 66.9 Å². The van der Waals surface area contributed by atoms with Crippen LogP contribution >= 0.6 is 0 Å². The molecule has 42 heavy (non-hydrogen) atoms. The van der Waals surface area contributed by atoms with Crippen molar-refractivity contribution in [3.05, 3.63) is 115 Å². The van der Waals surface area contributed by atoms with E-state index >= 15 is 0 Å². The molecule has 0 aliphatic rings. The molecule has 7 heteroatoms. The van der Waals surface area contributed by atoms with Gasteiger partial charge in [0.1, 0.15) is 11.5 Å². The van der Waals surface area contributed by atoms with Gasteiger partial charge in [0.05, 0.1) is 22.2 Å². The maximum Gasteiger partial charge on any atom is 2.00 e. The molecule has 206 valence electrons. The first-order valence-corrected chi connectivity index (χ1v) is 13.6. The Morgan fingerprint density at radius 1 is 0.667 bits per heavy atom. The summed E-state index contributed by atoms with van der Waals surface area (Å²) in [7, 11) is 0. The molecule has 0 N–H and O–H groups in total. The summed E-state index contributed by atoms with van der Waals surface area (Å²) in [6.45, 7) is 6.52. The predicted octanol–water partition coefficient (Wildman–Crippen LogP) is 8.22. The number of fused-ring (bicyclic) bond motifs is 8. The second-order valence-corrected chi connectivity index (χ2v) is 11.3. The Kier molecular flexibility index (Phi) is 6.14. The van der Waals surface area contributed by atoms with Gasteiger partial charge in [0.25, 0.3) is 0 Å². The zero-order valence-electron chi connectivity index (χ0n) is 23.2. The Hall–Kier alpha value is -4.54. The third-order valence-electron chi connectivity index (χ3n) is 7.44. The van der Waals surface area contributed by atoms with Crippen molar-refractivity contribution in [3.63, 3.8) is 0 Å². The summed E-state index contributed by atoms with van der Waals surface area (Å²) in [5.41, 5.74) is 6.24. The Morgan fingerprint density at radius 3 is 2.29 bits per heavy atom. The van der Waals surface area contributed by atoms with Crippen LogP contribution < -0.4 is 4.74 Å². The van der Waals surface area contributed by atoms with Crippen molar-refractivity contribution >= 4 is 49.5 Å². The van der Waals surface area contributed by atoms with Gasteiger partial charge in [-0.1, -0.05) is 74.3 Å². The molecule has 0 saturated carbocycles. The van der Waals surface area contributed by atoms with Crippen LogP contribution in [0.5, 0.6) is 11.5 Å². The van der Waals surface area contributed by atoms with Gasteiger partial charge in [0, 0.05) is 33.9 Å². The smallest absolute Gasteiger partial charge is 0.503 e. The summed E-state index contributed by atoms with van der Waals surface area (Å²) in [6, 6.07) is 37.3. The fourth-order valence-electron chi connectivity index (χ4n) is 5.65. The molecule has 0 unspecified atom stereocenters. The van der Waals surface area contributed by atoms with Crippen molar-refractivity contribution in [2.45, 2.75) is 26.2 Å². The molecule has 4 aromatic carbocycles. The Balaban J connectivity index is 0.00000288. The van der Waals surface area contributed by atoms with E-state index in [0.717, 1.165) is 61.0 Å². The van der Waals surface area contributed by atoms with E-state index in [-0.39, 0.29) is 26.5 Å². The van der Waals surface area contributed by atoms with E-state index in [4.69, 9.17) is 19.7 Å². The number of pyridine rings is 1. The van der Waals surface area contributed by atoms with Gasteiger partial charge in [-0.2, -0.15) is 6.07 Å². The van der Waals surface area contributed by atoms with Crippen LogP contribution in [0.2, 0.25) is 0 Å². The summed E-state index contributed by atoms with van der Waals surface area (Å²) in [4.78, 5) is 14.8. The van der Waals surface area contributed by atoms with Gasteiger partial charge in [-0.05, 0) is 35.8 Å². The molecule has 0 saturated heterocycles. The molecule has 0 fully saturated rings. The molecule has 0 bridgehead atoms. The fourth-order valence-corrected chi connectivity index (χ4v) is 5.65. The van der Waals surface area contributed by atoms with Crippen LogP contribution in [0.3, 0.4) is 0 Å². The largest absolute Gasteiger partial charge is 2.00 e. The van der Waals surface area contributed by atoms with E-state index in [9.17, 15) is 0 Å². The van der Waals surface area contributed by atoms with Crippen LogP contribution in [0.1, 0.15) is 26.6 Å². The zero-order chi connectivity index (χ0) is 27.7. The maximum absolute atomic E-state index is 6.36. The van der Waals surface area contributed by atoms with Crippen LogP contribution in [-0.2, 0) is 26.5 Å². The summed E-state index contributed by atoms with van der Waals surface area (Å²) in [5, 5.41) is 3.06. The quantitative estimate of drug-likeness (QED) is 0.172. The Labute approximate surface area is 256 Å². The SMILES string of the molecule is CC(C)(C)c1nc2ccc(Oc3[c-]c(-n4c5ccccc5c5cccnc54)ccc3)[c-]c2c2nc3ccccc3n12.[Pt+2]. The summed E-state index contributed by atoms with van der Waals surface area (Å²) in [5.74, 6) is 2.12. The number of benzene rings is 4. The molecule has 0 aliphatic heterocycles. The van der Waals surface area contributed by atoms with Crippen molar-refractivity contribution in [2.24, 2.45) is 0 Å². The molecule has 8 aromatic rings. The fraction of sp³-hybridized carbons (Fsp3) is 0.114. The standard InChI is InChI=1S/C35H25N5O.Pt/c1-35(2,3)34-38-28-18-17-24(21-27(28)33-37-29-14-5-7-16-31(29)40(33)34)41-23-11-8-10-22(20-23)39-30-15-6-4-12-25(30)26-13-9-19-36-32(26)39;/h4-19H,1-3H3;/q-2;+2. The van der Waals surface area contributed by atoms with Crippen molar-refractivity contribution in [2.75, 3.05) is 0 Å². The maximum atomic E-state index is 6.36. The number of nitrogens with zero attached hydrogens (tertiary/aromatic N) is 5. The number of hydrogen-bond acceptors (Lipinski definition) is 4. The van der Waals surface area contributed by atoms with Crippen molar-refractivity contribution in [1.29, 1.82) is 0 Å². The molecule has 0 spiro atoms. The van der Waals surface area contributed by atoms with Crippen LogP contribution in [0, 0.1) is 12.1 Å². The van der Waals surface area contributed by atoms with Gasteiger partial charge < -0.3 is 13.7 Å². The molecular weight excluding hydrogens is 701 g/mol. The molecule has 4 heterocycles. The normalized spacial score (nSPS) is 12.0. The molecule has 4 aromatic heterocycles. The molecular formula is C35H25N5OPt. The first-order valence-electron chi connectivity index (χ1n) is 13.6. The van der Waals surface area contributed by atoms with E-state index < -0.39 is 0 Å². The number of imidazole rings is 1. The van der Waals surface area contributed by atoms with Gasteiger partial charge >= 0.3 is 21.1 Å². The topological polar surface area (TPSA) is 57.2 Å². The van der Waals surface area contributed by atoms with Gasteiger partial charge in [-0.15, -0.1) is 24.3 Å². The molecule has 0 aliphatic carbocycles. The van der Waals surface area contributed by atoms with Crippen molar-refractivity contribution in [1.82, 2.24) is 23.9 Å². The number of rotatable bonds is 3. The molecule has 6 nitrogen and oxygen atoms in total. The minimum Gasteiger partial charge on any atom is -0.503 e. The number of para-hydroxylation sites is 3. The summed E-state index contributed by atoms with van der Waals surface area (Å²) < 4.78 is 10.6. The average molecular weight is 727 g/mol. The molecule has 0 radical (unpaired) electrons. The number of ether oxygens (including phenoxy) is 1. The third kappa shape index (κ3) is 4.09. The van der Waals surface area contributed by atoms with Crippen molar-refractivity contribution in [3.8, 4) is 17.2 Å². The monoisotopic (exact) mass is 726 g/mol. The molecule has 0 atom stereocenters. The first kappa shape index (κ1) is 26.4. The van der Waals surface area contributed by atoms with E-state index in [0.29, 0.717) is 11.5 Å². The minimum atomic E-state index is -0.178. The van der Waals surface area contributed by atoms with E-state index in [1.54, 1.807) is 0 Å². The van der Waals surface area contributed by atoms with Gasteiger partial charge in [-0.3, -0.25) is 9.97 Å².